The van der Waals surface area contributed by atoms with E-state index < -0.39 is 0 Å². The Morgan fingerprint density at radius 2 is 1.58 bits per heavy atom. The minimum atomic E-state index is -0.0660. The summed E-state index contributed by atoms with van der Waals surface area (Å²) < 4.78 is 0. The van der Waals surface area contributed by atoms with Crippen molar-refractivity contribution in [2.75, 3.05) is 0 Å². The molecule has 1 aromatic heterocycles. The summed E-state index contributed by atoms with van der Waals surface area (Å²) in [6, 6.07) is 11.4. The van der Waals surface area contributed by atoms with Crippen LogP contribution in [-0.4, -0.2) is 21.6 Å². The second kappa shape index (κ2) is 4.39. The van der Waals surface area contributed by atoms with Gasteiger partial charge in [0.1, 0.15) is 5.69 Å². The number of ketones is 1. The van der Waals surface area contributed by atoms with Gasteiger partial charge in [0.05, 0.1) is 5.69 Å². The van der Waals surface area contributed by atoms with Gasteiger partial charge in [-0.1, -0.05) is 24.3 Å². The maximum atomic E-state index is 12.3. The first-order valence-electron chi connectivity index (χ1n) is 6.21. The van der Waals surface area contributed by atoms with Crippen molar-refractivity contribution >= 4 is 11.7 Å². The van der Waals surface area contributed by atoms with Crippen LogP contribution in [0.5, 0.6) is 0 Å². The van der Waals surface area contributed by atoms with Crippen molar-refractivity contribution in [2.45, 2.75) is 20.0 Å². The topological polar surface area (TPSA) is 53.2 Å². The molecule has 0 unspecified atom stereocenters. The number of aromatic nitrogens is 1. The number of rotatable bonds is 2. The summed E-state index contributed by atoms with van der Waals surface area (Å²) >= 11 is 0. The van der Waals surface area contributed by atoms with Crippen LogP contribution in [0.25, 0.3) is 0 Å². The Hall–Kier alpha value is -2.36. The molecule has 1 aliphatic heterocycles. The summed E-state index contributed by atoms with van der Waals surface area (Å²) in [6.07, 6.45) is 0. The van der Waals surface area contributed by atoms with Gasteiger partial charge >= 0.3 is 0 Å². The van der Waals surface area contributed by atoms with E-state index >= 15 is 0 Å². The van der Waals surface area contributed by atoms with Crippen LogP contribution in [-0.2, 0) is 13.1 Å². The van der Waals surface area contributed by atoms with E-state index in [1.165, 1.54) is 18.1 Å². The standard InChI is InChI=1S/C15H14N2O2/c1-10(18)13-6-7-14(16-13)15(19)17-8-11-4-2-3-5-12(11)9-17/h2-7,16H,8-9H2,1H3. The second-order valence-electron chi connectivity index (χ2n) is 4.77. The van der Waals surface area contributed by atoms with E-state index in [4.69, 9.17) is 0 Å². The molecule has 0 atom stereocenters. The fourth-order valence-corrected chi connectivity index (χ4v) is 2.37. The van der Waals surface area contributed by atoms with Crippen molar-refractivity contribution in [3.05, 3.63) is 58.9 Å². The van der Waals surface area contributed by atoms with Gasteiger partial charge in [-0.25, -0.2) is 0 Å². The van der Waals surface area contributed by atoms with Crippen LogP contribution in [0.4, 0.5) is 0 Å². The highest BCUT2D eigenvalue weighted by molar-refractivity contribution is 5.97. The number of carbonyl (C=O) groups excluding carboxylic acids is 2. The van der Waals surface area contributed by atoms with E-state index in [9.17, 15) is 9.59 Å². The highest BCUT2D eigenvalue weighted by Gasteiger charge is 2.24. The van der Waals surface area contributed by atoms with E-state index in [1.807, 2.05) is 24.3 Å². The molecule has 1 aliphatic rings. The van der Waals surface area contributed by atoms with Crippen molar-refractivity contribution in [2.24, 2.45) is 0 Å². The number of carbonyl (C=O) groups is 2. The third-order valence-electron chi connectivity index (χ3n) is 3.42. The minimum absolute atomic E-state index is 0.0660. The van der Waals surface area contributed by atoms with E-state index in [0.29, 0.717) is 24.5 Å². The summed E-state index contributed by atoms with van der Waals surface area (Å²) in [5.74, 6) is -0.132. The van der Waals surface area contributed by atoms with Crippen molar-refractivity contribution in [3.8, 4) is 0 Å². The molecule has 4 nitrogen and oxygen atoms in total. The zero-order valence-electron chi connectivity index (χ0n) is 10.6. The molecule has 0 bridgehead atoms. The van der Waals surface area contributed by atoms with Crippen LogP contribution < -0.4 is 0 Å². The van der Waals surface area contributed by atoms with Gasteiger partial charge in [0, 0.05) is 20.0 Å². The van der Waals surface area contributed by atoms with Gasteiger partial charge in [-0.05, 0) is 23.3 Å². The average molecular weight is 254 g/mol. The monoisotopic (exact) mass is 254 g/mol. The molecule has 0 aliphatic carbocycles. The summed E-state index contributed by atoms with van der Waals surface area (Å²) in [4.78, 5) is 28.2. The molecule has 4 heteroatoms. The highest BCUT2D eigenvalue weighted by Crippen LogP contribution is 2.23. The number of benzene rings is 1. The molecular formula is C15H14N2O2. The Bertz CT molecular complexity index is 633. The van der Waals surface area contributed by atoms with Gasteiger partial charge in [-0.3, -0.25) is 9.59 Å². The number of nitrogens with zero attached hydrogens (tertiary/aromatic N) is 1. The second-order valence-corrected chi connectivity index (χ2v) is 4.77. The number of nitrogens with one attached hydrogen (secondary N) is 1. The van der Waals surface area contributed by atoms with Gasteiger partial charge < -0.3 is 9.88 Å². The molecule has 2 heterocycles. The number of aromatic amines is 1. The van der Waals surface area contributed by atoms with Crippen molar-refractivity contribution < 1.29 is 9.59 Å². The molecule has 0 radical (unpaired) electrons. The summed E-state index contributed by atoms with van der Waals surface area (Å²) in [5, 5.41) is 0. The molecule has 3 rings (SSSR count). The quantitative estimate of drug-likeness (QED) is 0.836. The zero-order chi connectivity index (χ0) is 13.4. The first kappa shape index (κ1) is 11.7. The number of H-pyrrole nitrogens is 1. The highest BCUT2D eigenvalue weighted by atomic mass is 16.2. The van der Waals surface area contributed by atoms with E-state index in [2.05, 4.69) is 4.98 Å². The number of amides is 1. The van der Waals surface area contributed by atoms with Crippen LogP contribution in [0, 0.1) is 0 Å². The summed E-state index contributed by atoms with van der Waals surface area (Å²) in [7, 11) is 0. The fourth-order valence-electron chi connectivity index (χ4n) is 2.37. The lowest BCUT2D eigenvalue weighted by atomic mass is 10.1. The molecule has 96 valence electrons. The Morgan fingerprint density at radius 1 is 1.00 bits per heavy atom. The Labute approximate surface area is 111 Å². The maximum absolute atomic E-state index is 12.3. The maximum Gasteiger partial charge on any atom is 0.270 e. The first-order valence-corrected chi connectivity index (χ1v) is 6.21. The third kappa shape index (κ3) is 2.05. The van der Waals surface area contributed by atoms with E-state index in [-0.39, 0.29) is 11.7 Å². The lowest BCUT2D eigenvalue weighted by Gasteiger charge is -2.14. The molecule has 0 saturated heterocycles. The van der Waals surface area contributed by atoms with E-state index in [0.717, 1.165) is 0 Å². The van der Waals surface area contributed by atoms with Crippen molar-refractivity contribution in [3.63, 3.8) is 0 Å². The molecule has 0 fully saturated rings. The van der Waals surface area contributed by atoms with Crippen LogP contribution in [0.2, 0.25) is 0 Å². The molecule has 0 saturated carbocycles. The molecule has 1 amide bonds. The Morgan fingerprint density at radius 3 is 2.11 bits per heavy atom. The Balaban J connectivity index is 1.81. The van der Waals surface area contributed by atoms with Gasteiger partial charge in [0.2, 0.25) is 0 Å². The third-order valence-corrected chi connectivity index (χ3v) is 3.42. The van der Waals surface area contributed by atoms with E-state index in [1.54, 1.807) is 17.0 Å². The molecule has 19 heavy (non-hydrogen) atoms. The van der Waals surface area contributed by atoms with Gasteiger partial charge in [0.15, 0.2) is 5.78 Å². The predicted molar refractivity (Wildman–Crippen MR) is 70.8 cm³/mol. The first-order chi connectivity index (χ1) is 9.15. The SMILES string of the molecule is CC(=O)c1ccc(C(=O)N2Cc3ccccc3C2)[nH]1. The largest absolute Gasteiger partial charge is 0.348 e. The fraction of sp³-hybridized carbons (Fsp3) is 0.200. The average Bonchev–Trinajstić information content (AvgIpc) is 3.04. The lowest BCUT2D eigenvalue weighted by Crippen LogP contribution is -2.25. The van der Waals surface area contributed by atoms with Crippen molar-refractivity contribution in [1.82, 2.24) is 9.88 Å². The van der Waals surface area contributed by atoms with Gasteiger partial charge in [0.25, 0.3) is 5.91 Å². The normalized spacial score (nSPS) is 13.4. The van der Waals surface area contributed by atoms with Crippen LogP contribution in [0.3, 0.4) is 0 Å². The minimum Gasteiger partial charge on any atom is -0.348 e. The number of fused-ring (bicyclic) bond motifs is 1. The van der Waals surface area contributed by atoms with Crippen LogP contribution in [0.1, 0.15) is 39.0 Å². The van der Waals surface area contributed by atoms with Crippen LogP contribution >= 0.6 is 0 Å². The molecule has 2 aromatic rings. The molecular weight excluding hydrogens is 240 g/mol. The Kier molecular flexibility index (Phi) is 2.71. The van der Waals surface area contributed by atoms with Crippen LogP contribution in [0.15, 0.2) is 36.4 Å². The molecule has 1 aromatic carbocycles. The molecule has 1 N–H and O–H groups in total. The number of hydrogen-bond acceptors (Lipinski definition) is 2. The number of Topliss-reactive ketones (excluding diaryl/α,β-unsaturated/α-hetero) is 1. The number of hydrogen-bond donors (Lipinski definition) is 1. The molecule has 0 spiro atoms. The zero-order valence-corrected chi connectivity index (χ0v) is 10.6. The predicted octanol–water partition coefficient (Wildman–Crippen LogP) is 2.37. The van der Waals surface area contributed by atoms with Gasteiger partial charge in [-0.2, -0.15) is 0 Å². The summed E-state index contributed by atoms with van der Waals surface area (Å²) in [6.45, 7) is 2.73. The lowest BCUT2D eigenvalue weighted by molar-refractivity contribution is 0.0746. The smallest absolute Gasteiger partial charge is 0.270 e. The van der Waals surface area contributed by atoms with Crippen molar-refractivity contribution in [1.29, 1.82) is 0 Å². The van der Waals surface area contributed by atoms with Gasteiger partial charge in [-0.15, -0.1) is 0 Å². The summed E-state index contributed by atoms with van der Waals surface area (Å²) in [5.41, 5.74) is 3.32.